The Labute approximate surface area is 139 Å². The smallest absolute Gasteiger partial charge is 0.231 e. The molecule has 1 atom stereocenters. The number of aromatic nitrogens is 2. The second kappa shape index (κ2) is 5.81. The van der Waals surface area contributed by atoms with Crippen LogP contribution in [0, 0.1) is 0 Å². The maximum absolute atomic E-state index is 12.1. The molecule has 0 fully saturated rings. The van der Waals surface area contributed by atoms with Crippen molar-refractivity contribution in [3.05, 3.63) is 28.7 Å². The quantitative estimate of drug-likeness (QED) is 0.934. The van der Waals surface area contributed by atoms with Gasteiger partial charge in [-0.25, -0.2) is 4.99 Å². The zero-order chi connectivity index (χ0) is 16.6. The minimum absolute atomic E-state index is 0.00860. The number of hydrogen-bond donors (Lipinski definition) is 1. The van der Waals surface area contributed by atoms with E-state index in [1.54, 1.807) is 18.4 Å². The lowest BCUT2D eigenvalue weighted by Gasteiger charge is -2.32. The topological polar surface area (TPSA) is 76.5 Å². The number of guanidine groups is 1. The monoisotopic (exact) mass is 331 g/mol. The molecule has 6 nitrogen and oxygen atoms in total. The normalized spacial score (nSPS) is 21.6. The number of hydrogen-bond acceptors (Lipinski definition) is 5. The second-order valence-electron chi connectivity index (χ2n) is 6.07. The Morgan fingerprint density at radius 3 is 2.91 bits per heavy atom. The average Bonchev–Trinajstić information content (AvgIpc) is 3.14. The molecule has 0 aliphatic carbocycles. The standard InChI is InChI=1S/C16H21N5OS/c1-4-5-21-9-12(8-18-21)11-6-13(23-10-11)16(2)7-14(22)20(3)15(17)19-16/h6,8-10H,4-5,7H2,1-3H3,(H2,17,19)/t16-/m0/s1. The first kappa shape index (κ1) is 15.7. The summed E-state index contributed by atoms with van der Waals surface area (Å²) in [5.41, 5.74) is 7.48. The van der Waals surface area contributed by atoms with Crippen LogP contribution < -0.4 is 5.73 Å². The third-order valence-corrected chi connectivity index (χ3v) is 5.31. The highest BCUT2D eigenvalue weighted by Crippen LogP contribution is 2.38. The molecule has 0 radical (unpaired) electrons. The maximum atomic E-state index is 12.1. The van der Waals surface area contributed by atoms with E-state index in [1.807, 2.05) is 17.8 Å². The summed E-state index contributed by atoms with van der Waals surface area (Å²) in [6.07, 6.45) is 5.31. The van der Waals surface area contributed by atoms with E-state index in [4.69, 9.17) is 5.73 Å². The largest absolute Gasteiger partial charge is 0.369 e. The van der Waals surface area contributed by atoms with Crippen LogP contribution in [0.2, 0.25) is 0 Å². The number of amides is 1. The first-order valence-corrected chi connectivity index (χ1v) is 8.54. The van der Waals surface area contributed by atoms with Crippen LogP contribution in [0.5, 0.6) is 0 Å². The molecule has 0 saturated carbocycles. The Hall–Kier alpha value is -2.15. The summed E-state index contributed by atoms with van der Waals surface area (Å²) >= 11 is 1.61. The minimum Gasteiger partial charge on any atom is -0.369 e. The number of rotatable bonds is 4. The number of aliphatic imine (C=N–C) groups is 1. The van der Waals surface area contributed by atoms with Crippen molar-refractivity contribution in [2.24, 2.45) is 10.7 Å². The van der Waals surface area contributed by atoms with E-state index in [0.717, 1.165) is 29.0 Å². The van der Waals surface area contributed by atoms with Crippen molar-refractivity contribution in [1.29, 1.82) is 0 Å². The molecule has 23 heavy (non-hydrogen) atoms. The highest BCUT2D eigenvalue weighted by Gasteiger charge is 2.37. The van der Waals surface area contributed by atoms with Gasteiger partial charge in [0.1, 0.15) is 5.54 Å². The Kier molecular flexibility index (Phi) is 3.97. The van der Waals surface area contributed by atoms with E-state index in [-0.39, 0.29) is 11.9 Å². The van der Waals surface area contributed by atoms with Gasteiger partial charge in [-0.1, -0.05) is 6.92 Å². The lowest BCUT2D eigenvalue weighted by molar-refractivity contribution is -0.128. The molecule has 1 aliphatic heterocycles. The molecule has 1 amide bonds. The lowest BCUT2D eigenvalue weighted by atomic mass is 9.93. The van der Waals surface area contributed by atoms with E-state index in [0.29, 0.717) is 6.42 Å². The zero-order valence-corrected chi connectivity index (χ0v) is 14.4. The van der Waals surface area contributed by atoms with Crippen LogP contribution in [-0.4, -0.2) is 33.6 Å². The van der Waals surface area contributed by atoms with Gasteiger partial charge in [-0.15, -0.1) is 11.3 Å². The summed E-state index contributed by atoms with van der Waals surface area (Å²) in [6.45, 7) is 5.00. The van der Waals surface area contributed by atoms with Gasteiger partial charge in [-0.05, 0) is 30.4 Å². The van der Waals surface area contributed by atoms with Gasteiger partial charge in [0, 0.05) is 30.2 Å². The summed E-state index contributed by atoms with van der Waals surface area (Å²) < 4.78 is 1.95. The summed E-state index contributed by atoms with van der Waals surface area (Å²) in [6, 6.07) is 2.09. The van der Waals surface area contributed by atoms with E-state index in [1.165, 1.54) is 4.90 Å². The van der Waals surface area contributed by atoms with Crippen LogP contribution in [0.25, 0.3) is 11.1 Å². The van der Waals surface area contributed by atoms with Crippen molar-refractivity contribution in [3.8, 4) is 11.1 Å². The maximum Gasteiger partial charge on any atom is 0.231 e. The highest BCUT2D eigenvalue weighted by atomic mass is 32.1. The van der Waals surface area contributed by atoms with E-state index < -0.39 is 5.54 Å². The summed E-state index contributed by atoms with van der Waals surface area (Å²) in [5, 5.41) is 6.45. The van der Waals surface area contributed by atoms with Gasteiger partial charge < -0.3 is 5.73 Å². The van der Waals surface area contributed by atoms with Crippen LogP contribution in [0.3, 0.4) is 0 Å². The number of nitrogens with zero attached hydrogens (tertiary/aromatic N) is 4. The zero-order valence-electron chi connectivity index (χ0n) is 13.6. The molecule has 0 spiro atoms. The molecule has 0 bridgehead atoms. The first-order chi connectivity index (χ1) is 10.9. The average molecular weight is 331 g/mol. The van der Waals surface area contributed by atoms with E-state index in [2.05, 4.69) is 34.7 Å². The predicted molar refractivity (Wildman–Crippen MR) is 92.2 cm³/mol. The lowest BCUT2D eigenvalue weighted by Crippen LogP contribution is -2.47. The fraction of sp³-hybridized carbons (Fsp3) is 0.438. The van der Waals surface area contributed by atoms with Crippen molar-refractivity contribution in [2.75, 3.05) is 7.05 Å². The number of nitrogens with two attached hydrogens (primary N) is 1. The summed E-state index contributed by atoms with van der Waals surface area (Å²) in [4.78, 5) is 19.1. The number of aryl methyl sites for hydroxylation is 1. The summed E-state index contributed by atoms with van der Waals surface area (Å²) in [5.74, 6) is 0.264. The molecule has 2 N–H and O–H groups in total. The van der Waals surface area contributed by atoms with Gasteiger partial charge in [-0.2, -0.15) is 5.10 Å². The van der Waals surface area contributed by atoms with Crippen molar-refractivity contribution < 1.29 is 4.79 Å². The van der Waals surface area contributed by atoms with Gasteiger partial charge in [0.05, 0.1) is 12.6 Å². The third-order valence-electron chi connectivity index (χ3n) is 4.12. The molecular formula is C16H21N5OS. The molecule has 3 heterocycles. The SMILES string of the molecule is CCCn1cc(-c2csc([C@]3(C)CC(=O)N(C)C(N)=N3)c2)cn1. The number of thiophene rings is 1. The van der Waals surface area contributed by atoms with Gasteiger partial charge >= 0.3 is 0 Å². The Morgan fingerprint density at radius 2 is 2.22 bits per heavy atom. The molecule has 122 valence electrons. The van der Waals surface area contributed by atoms with Gasteiger partial charge in [0.2, 0.25) is 5.91 Å². The van der Waals surface area contributed by atoms with Crippen molar-refractivity contribution >= 4 is 23.2 Å². The molecule has 7 heteroatoms. The number of carbonyl (C=O) groups excluding carboxylic acids is 1. The minimum atomic E-state index is -0.587. The van der Waals surface area contributed by atoms with E-state index >= 15 is 0 Å². The van der Waals surface area contributed by atoms with E-state index in [9.17, 15) is 4.79 Å². The molecule has 2 aromatic rings. The molecule has 1 aliphatic rings. The molecule has 2 aromatic heterocycles. The first-order valence-electron chi connectivity index (χ1n) is 7.66. The molecule has 0 saturated heterocycles. The fourth-order valence-electron chi connectivity index (χ4n) is 2.68. The molecule has 3 rings (SSSR count). The van der Waals surface area contributed by atoms with Crippen molar-refractivity contribution in [3.63, 3.8) is 0 Å². The Morgan fingerprint density at radius 1 is 1.43 bits per heavy atom. The molecular weight excluding hydrogens is 310 g/mol. The Balaban J connectivity index is 1.90. The van der Waals surface area contributed by atoms with Gasteiger partial charge in [0.25, 0.3) is 0 Å². The van der Waals surface area contributed by atoms with Crippen molar-refractivity contribution in [2.45, 2.75) is 38.8 Å². The van der Waals surface area contributed by atoms with Gasteiger partial charge in [-0.3, -0.25) is 14.4 Å². The van der Waals surface area contributed by atoms with Gasteiger partial charge in [0.15, 0.2) is 5.96 Å². The van der Waals surface area contributed by atoms with Crippen molar-refractivity contribution in [1.82, 2.24) is 14.7 Å². The van der Waals surface area contributed by atoms with Crippen LogP contribution in [0.15, 0.2) is 28.8 Å². The van der Waals surface area contributed by atoms with Crippen LogP contribution in [0.1, 0.15) is 31.6 Å². The van der Waals surface area contributed by atoms with Crippen LogP contribution in [-0.2, 0) is 16.9 Å². The van der Waals surface area contributed by atoms with Crippen LogP contribution in [0.4, 0.5) is 0 Å². The Bertz CT molecular complexity index is 762. The third kappa shape index (κ3) is 2.88. The van der Waals surface area contributed by atoms with Crippen LogP contribution >= 0.6 is 11.3 Å². The molecule has 0 aromatic carbocycles. The fourth-order valence-corrected chi connectivity index (χ4v) is 3.71. The number of carbonyl (C=O) groups is 1. The molecule has 0 unspecified atom stereocenters. The second-order valence-corrected chi connectivity index (χ2v) is 6.98. The summed E-state index contributed by atoms with van der Waals surface area (Å²) in [7, 11) is 1.66. The highest BCUT2D eigenvalue weighted by molar-refractivity contribution is 7.10. The predicted octanol–water partition coefficient (Wildman–Crippen LogP) is 2.41.